The molecule has 0 aliphatic heterocycles. The molecule has 74 valence electrons. The predicted octanol–water partition coefficient (Wildman–Crippen LogP) is 2.21. The van der Waals surface area contributed by atoms with Crippen molar-refractivity contribution in [3.05, 3.63) is 22.9 Å². The highest BCUT2D eigenvalue weighted by Crippen LogP contribution is 2.27. The molecule has 1 heterocycles. The van der Waals surface area contributed by atoms with Crippen LogP contribution in [0.2, 0.25) is 0 Å². The Morgan fingerprint density at radius 2 is 2.21 bits per heavy atom. The van der Waals surface area contributed by atoms with Gasteiger partial charge in [0.15, 0.2) is 0 Å². The Morgan fingerprint density at radius 3 is 2.64 bits per heavy atom. The highest BCUT2D eigenvalue weighted by molar-refractivity contribution is 5.43. The molecule has 0 unspecified atom stereocenters. The van der Waals surface area contributed by atoms with Crippen molar-refractivity contribution >= 4 is 0 Å². The smallest absolute Gasteiger partial charge is 0.265 e. The number of methoxy groups -OCH3 is 1. The van der Waals surface area contributed by atoms with Crippen molar-refractivity contribution in [2.24, 2.45) is 0 Å². The largest absolute Gasteiger partial charge is 0.481 e. The molecule has 0 aliphatic rings. The van der Waals surface area contributed by atoms with E-state index in [1.807, 2.05) is 0 Å². The second kappa shape index (κ2) is 4.01. The van der Waals surface area contributed by atoms with Crippen LogP contribution < -0.4 is 4.74 Å². The van der Waals surface area contributed by atoms with Crippen LogP contribution in [-0.4, -0.2) is 12.1 Å². The summed E-state index contributed by atoms with van der Waals surface area (Å²) in [6, 6.07) is 2.78. The summed E-state index contributed by atoms with van der Waals surface area (Å²) < 4.78 is 29.7. The van der Waals surface area contributed by atoms with Crippen molar-refractivity contribution in [3.63, 3.8) is 0 Å². The van der Waals surface area contributed by atoms with E-state index in [-0.39, 0.29) is 22.7 Å². The lowest BCUT2D eigenvalue weighted by atomic mass is 10.1. The van der Waals surface area contributed by atoms with Gasteiger partial charge in [0.25, 0.3) is 6.43 Å². The van der Waals surface area contributed by atoms with Crippen LogP contribution in [0.1, 0.15) is 23.2 Å². The molecule has 14 heavy (non-hydrogen) atoms. The predicted molar refractivity (Wildman–Crippen MR) is 45.2 cm³/mol. The number of halogens is 2. The molecule has 0 radical (unpaired) electrons. The SMILES string of the molecule is COc1cc(C(F)F)c(C#N)c(C)n1. The fourth-order valence-corrected chi connectivity index (χ4v) is 1.09. The molecule has 0 atom stereocenters. The average Bonchev–Trinajstić information content (AvgIpc) is 2.16. The number of aryl methyl sites for hydroxylation is 1. The topological polar surface area (TPSA) is 45.9 Å². The van der Waals surface area contributed by atoms with E-state index < -0.39 is 6.43 Å². The molecule has 0 bridgehead atoms. The van der Waals surface area contributed by atoms with Crippen LogP contribution in [0.25, 0.3) is 0 Å². The van der Waals surface area contributed by atoms with Crippen molar-refractivity contribution in [1.29, 1.82) is 5.26 Å². The Bertz CT molecular complexity index is 385. The molecular weight excluding hydrogens is 190 g/mol. The summed E-state index contributed by atoms with van der Waals surface area (Å²) in [5, 5.41) is 8.65. The summed E-state index contributed by atoms with van der Waals surface area (Å²) in [5.41, 5.74) is -0.167. The van der Waals surface area contributed by atoms with E-state index in [2.05, 4.69) is 4.98 Å². The first-order valence-corrected chi connectivity index (χ1v) is 3.84. The zero-order valence-electron chi connectivity index (χ0n) is 7.71. The Kier molecular flexibility index (Phi) is 2.97. The fourth-order valence-electron chi connectivity index (χ4n) is 1.09. The third kappa shape index (κ3) is 1.79. The van der Waals surface area contributed by atoms with Gasteiger partial charge in [0.05, 0.1) is 18.4 Å². The number of rotatable bonds is 2. The monoisotopic (exact) mass is 198 g/mol. The molecule has 0 N–H and O–H groups in total. The maximum Gasteiger partial charge on any atom is 0.265 e. The van der Waals surface area contributed by atoms with Crippen molar-refractivity contribution in [1.82, 2.24) is 4.98 Å². The Balaban J connectivity index is 3.37. The normalized spacial score (nSPS) is 10.0. The molecule has 1 aromatic rings. The molecule has 1 aromatic heterocycles. The molecule has 0 aliphatic carbocycles. The van der Waals surface area contributed by atoms with Crippen LogP contribution in [-0.2, 0) is 0 Å². The Hall–Kier alpha value is -1.70. The molecule has 0 saturated carbocycles. The zero-order chi connectivity index (χ0) is 10.7. The summed E-state index contributed by atoms with van der Waals surface area (Å²) >= 11 is 0. The van der Waals surface area contributed by atoms with E-state index in [0.29, 0.717) is 0 Å². The quantitative estimate of drug-likeness (QED) is 0.731. The Labute approximate surface area is 79.9 Å². The average molecular weight is 198 g/mol. The lowest BCUT2D eigenvalue weighted by Crippen LogP contribution is -1.99. The van der Waals surface area contributed by atoms with Gasteiger partial charge in [-0.1, -0.05) is 0 Å². The van der Waals surface area contributed by atoms with Crippen molar-refractivity contribution in [2.45, 2.75) is 13.3 Å². The van der Waals surface area contributed by atoms with Gasteiger partial charge in [0.1, 0.15) is 6.07 Å². The van der Waals surface area contributed by atoms with Gasteiger partial charge < -0.3 is 4.74 Å². The number of nitrogens with zero attached hydrogens (tertiary/aromatic N) is 2. The molecular formula is C9H8F2N2O. The molecule has 5 heteroatoms. The minimum Gasteiger partial charge on any atom is -0.481 e. The zero-order valence-corrected chi connectivity index (χ0v) is 7.71. The number of hydrogen-bond donors (Lipinski definition) is 0. The van der Waals surface area contributed by atoms with E-state index in [0.717, 1.165) is 6.07 Å². The fraction of sp³-hybridized carbons (Fsp3) is 0.333. The number of alkyl halides is 2. The van der Waals surface area contributed by atoms with E-state index in [4.69, 9.17) is 10.00 Å². The van der Waals surface area contributed by atoms with Gasteiger partial charge >= 0.3 is 0 Å². The van der Waals surface area contributed by atoms with Crippen LogP contribution in [0, 0.1) is 18.3 Å². The number of ether oxygens (including phenoxy) is 1. The lowest BCUT2D eigenvalue weighted by molar-refractivity contribution is 0.150. The maximum absolute atomic E-state index is 12.5. The highest BCUT2D eigenvalue weighted by atomic mass is 19.3. The van der Waals surface area contributed by atoms with Crippen LogP contribution in [0.15, 0.2) is 6.07 Å². The third-order valence-electron chi connectivity index (χ3n) is 1.76. The van der Waals surface area contributed by atoms with Gasteiger partial charge in [-0.3, -0.25) is 0 Å². The summed E-state index contributed by atoms with van der Waals surface area (Å²) in [4.78, 5) is 3.83. The number of pyridine rings is 1. The highest BCUT2D eigenvalue weighted by Gasteiger charge is 2.17. The van der Waals surface area contributed by atoms with Crippen LogP contribution >= 0.6 is 0 Å². The van der Waals surface area contributed by atoms with Gasteiger partial charge in [-0.15, -0.1) is 0 Å². The molecule has 0 saturated heterocycles. The van der Waals surface area contributed by atoms with Gasteiger partial charge in [0.2, 0.25) is 5.88 Å². The van der Waals surface area contributed by atoms with Gasteiger partial charge in [-0.25, -0.2) is 13.8 Å². The summed E-state index contributed by atoms with van der Waals surface area (Å²) in [6.07, 6.45) is -2.69. The summed E-state index contributed by atoms with van der Waals surface area (Å²) in [5.74, 6) is 0.0943. The van der Waals surface area contributed by atoms with Crippen LogP contribution in [0.3, 0.4) is 0 Å². The summed E-state index contributed by atoms with van der Waals surface area (Å²) in [6.45, 7) is 1.49. The first-order chi connectivity index (χ1) is 6.60. The third-order valence-corrected chi connectivity index (χ3v) is 1.76. The summed E-state index contributed by atoms with van der Waals surface area (Å²) in [7, 11) is 1.34. The first-order valence-electron chi connectivity index (χ1n) is 3.84. The second-order valence-electron chi connectivity index (χ2n) is 2.63. The van der Waals surface area contributed by atoms with Crippen molar-refractivity contribution < 1.29 is 13.5 Å². The molecule has 0 amide bonds. The van der Waals surface area contributed by atoms with E-state index in [1.54, 1.807) is 6.07 Å². The van der Waals surface area contributed by atoms with Crippen LogP contribution in [0.5, 0.6) is 5.88 Å². The minimum absolute atomic E-state index is 0.0826. The van der Waals surface area contributed by atoms with Crippen LogP contribution in [0.4, 0.5) is 8.78 Å². The van der Waals surface area contributed by atoms with Gasteiger partial charge in [-0.2, -0.15) is 5.26 Å². The molecule has 0 fully saturated rings. The molecule has 1 rings (SSSR count). The molecule has 3 nitrogen and oxygen atoms in total. The number of aromatic nitrogens is 1. The first kappa shape index (κ1) is 10.4. The lowest BCUT2D eigenvalue weighted by Gasteiger charge is -2.07. The van der Waals surface area contributed by atoms with Gasteiger partial charge in [-0.05, 0) is 6.92 Å². The molecule has 0 spiro atoms. The standard InChI is InChI=1S/C9H8F2N2O/c1-5-7(4-12)6(9(10)11)3-8(13-5)14-2/h3,9H,1-2H3. The number of nitriles is 1. The maximum atomic E-state index is 12.5. The van der Waals surface area contributed by atoms with E-state index in [1.165, 1.54) is 14.0 Å². The second-order valence-corrected chi connectivity index (χ2v) is 2.63. The van der Waals surface area contributed by atoms with Gasteiger partial charge in [0, 0.05) is 11.6 Å². The van der Waals surface area contributed by atoms with Crippen molar-refractivity contribution in [3.8, 4) is 11.9 Å². The molecule has 0 aromatic carbocycles. The van der Waals surface area contributed by atoms with Crippen molar-refractivity contribution in [2.75, 3.05) is 7.11 Å². The van der Waals surface area contributed by atoms with E-state index >= 15 is 0 Å². The number of hydrogen-bond acceptors (Lipinski definition) is 3. The Morgan fingerprint density at radius 1 is 1.57 bits per heavy atom. The van der Waals surface area contributed by atoms with E-state index in [9.17, 15) is 8.78 Å². The minimum atomic E-state index is -2.69.